The molecule has 21 heavy (non-hydrogen) atoms. The molecule has 0 saturated carbocycles. The lowest BCUT2D eigenvalue weighted by Gasteiger charge is -2.20. The summed E-state index contributed by atoms with van der Waals surface area (Å²) in [6.45, 7) is 9.66. The summed E-state index contributed by atoms with van der Waals surface area (Å²) >= 11 is 7.69. The molecule has 0 aromatic heterocycles. The third-order valence-corrected chi connectivity index (χ3v) is 4.55. The molecule has 1 unspecified atom stereocenters. The third-order valence-electron chi connectivity index (χ3n) is 3.58. The van der Waals surface area contributed by atoms with Gasteiger partial charge in [0.2, 0.25) is 0 Å². The zero-order valence-electron chi connectivity index (χ0n) is 13.0. The summed E-state index contributed by atoms with van der Waals surface area (Å²) in [5.74, 6) is -0.0480. The van der Waals surface area contributed by atoms with E-state index in [9.17, 15) is 4.79 Å². The average Bonchev–Trinajstić information content (AvgIpc) is 2.46. The Morgan fingerprint density at radius 1 is 1.38 bits per heavy atom. The Balaban J connectivity index is 2.45. The molecule has 0 spiro atoms. The van der Waals surface area contributed by atoms with Crippen LogP contribution in [0.15, 0.2) is 27.6 Å². The molecule has 0 heterocycles. The van der Waals surface area contributed by atoms with Crippen molar-refractivity contribution in [3.05, 3.63) is 28.2 Å². The molecule has 0 aliphatic heterocycles. The average molecular weight is 373 g/mol. The highest BCUT2D eigenvalue weighted by Crippen LogP contribution is 2.20. The van der Waals surface area contributed by atoms with E-state index in [0.29, 0.717) is 5.56 Å². The fourth-order valence-electron chi connectivity index (χ4n) is 2.22. The van der Waals surface area contributed by atoms with Gasteiger partial charge in [-0.3, -0.25) is 4.79 Å². The molecule has 0 fully saturated rings. The standard InChI is InChI=1S/C16H25BrN2OS/c1-4-19(5-2)10-6-7-12(3)18-16(20)14-11-13(21)8-9-15(14)17/h8-9,11-12,21H,4-7,10H2,1-3H3,(H,18,20). The van der Waals surface area contributed by atoms with Crippen LogP contribution < -0.4 is 5.32 Å². The molecule has 1 aromatic rings. The number of nitrogens with one attached hydrogen (secondary N) is 1. The lowest BCUT2D eigenvalue weighted by molar-refractivity contribution is 0.0936. The van der Waals surface area contributed by atoms with E-state index in [1.807, 2.05) is 12.1 Å². The molecule has 1 N–H and O–H groups in total. The first-order valence-electron chi connectivity index (χ1n) is 7.49. The Labute approximate surface area is 142 Å². The molecule has 1 amide bonds. The Morgan fingerprint density at radius 3 is 2.67 bits per heavy atom. The minimum atomic E-state index is -0.0480. The Hall–Kier alpha value is -0.520. The molecule has 1 rings (SSSR count). The van der Waals surface area contributed by atoms with Crippen molar-refractivity contribution < 1.29 is 4.79 Å². The molecule has 118 valence electrons. The molecular formula is C16H25BrN2OS. The van der Waals surface area contributed by atoms with Crippen LogP contribution in [0.3, 0.4) is 0 Å². The Bertz CT molecular complexity index is 464. The molecule has 1 aromatic carbocycles. The summed E-state index contributed by atoms with van der Waals surface area (Å²) in [6, 6.07) is 5.66. The highest BCUT2D eigenvalue weighted by atomic mass is 79.9. The van der Waals surface area contributed by atoms with Crippen molar-refractivity contribution in [2.24, 2.45) is 0 Å². The van der Waals surface area contributed by atoms with Crippen LogP contribution in [0.25, 0.3) is 0 Å². The van der Waals surface area contributed by atoms with Crippen molar-refractivity contribution in [2.75, 3.05) is 19.6 Å². The van der Waals surface area contributed by atoms with Crippen LogP contribution in [0.1, 0.15) is 44.0 Å². The van der Waals surface area contributed by atoms with Crippen molar-refractivity contribution in [3.63, 3.8) is 0 Å². The van der Waals surface area contributed by atoms with Gasteiger partial charge in [0.05, 0.1) is 5.56 Å². The highest BCUT2D eigenvalue weighted by Gasteiger charge is 2.13. The van der Waals surface area contributed by atoms with Gasteiger partial charge < -0.3 is 10.2 Å². The quantitative estimate of drug-likeness (QED) is 0.676. The van der Waals surface area contributed by atoms with E-state index in [-0.39, 0.29) is 11.9 Å². The number of hydrogen-bond donors (Lipinski definition) is 2. The van der Waals surface area contributed by atoms with Crippen LogP contribution in [-0.2, 0) is 0 Å². The molecule has 0 bridgehead atoms. The molecule has 1 atom stereocenters. The number of amides is 1. The maximum atomic E-state index is 12.3. The van der Waals surface area contributed by atoms with E-state index in [4.69, 9.17) is 0 Å². The SMILES string of the molecule is CCN(CC)CCCC(C)NC(=O)c1cc(S)ccc1Br. The highest BCUT2D eigenvalue weighted by molar-refractivity contribution is 9.10. The molecule has 3 nitrogen and oxygen atoms in total. The summed E-state index contributed by atoms with van der Waals surface area (Å²) in [7, 11) is 0. The number of halogens is 1. The van der Waals surface area contributed by atoms with E-state index in [0.717, 1.165) is 41.8 Å². The Kier molecular flexibility index (Phi) is 8.37. The van der Waals surface area contributed by atoms with Crippen molar-refractivity contribution in [1.29, 1.82) is 0 Å². The fraction of sp³-hybridized carbons (Fsp3) is 0.562. The zero-order valence-corrected chi connectivity index (χ0v) is 15.5. The number of nitrogens with zero attached hydrogens (tertiary/aromatic N) is 1. The minimum absolute atomic E-state index is 0.0480. The van der Waals surface area contributed by atoms with Gasteiger partial charge in [-0.1, -0.05) is 13.8 Å². The molecule has 0 aliphatic carbocycles. The van der Waals surface area contributed by atoms with Gasteiger partial charge in [0.1, 0.15) is 0 Å². The smallest absolute Gasteiger partial charge is 0.252 e. The van der Waals surface area contributed by atoms with E-state index >= 15 is 0 Å². The number of carbonyl (C=O) groups excluding carboxylic acids is 1. The van der Waals surface area contributed by atoms with Gasteiger partial charge in [0, 0.05) is 15.4 Å². The lowest BCUT2D eigenvalue weighted by atomic mass is 10.1. The van der Waals surface area contributed by atoms with Gasteiger partial charge in [-0.2, -0.15) is 0 Å². The topological polar surface area (TPSA) is 32.3 Å². The van der Waals surface area contributed by atoms with Crippen LogP contribution in [-0.4, -0.2) is 36.5 Å². The third kappa shape index (κ3) is 6.41. The predicted octanol–water partition coefficient (Wildman–Crippen LogP) is 3.98. The fourth-order valence-corrected chi connectivity index (χ4v) is 2.85. The molecule has 5 heteroatoms. The van der Waals surface area contributed by atoms with Crippen LogP contribution >= 0.6 is 28.6 Å². The maximum absolute atomic E-state index is 12.3. The van der Waals surface area contributed by atoms with Gasteiger partial charge in [-0.15, -0.1) is 12.6 Å². The van der Waals surface area contributed by atoms with Gasteiger partial charge in [-0.25, -0.2) is 0 Å². The van der Waals surface area contributed by atoms with Gasteiger partial charge in [0.15, 0.2) is 0 Å². The van der Waals surface area contributed by atoms with E-state index in [1.54, 1.807) is 6.07 Å². The van der Waals surface area contributed by atoms with Gasteiger partial charge >= 0.3 is 0 Å². The van der Waals surface area contributed by atoms with E-state index in [2.05, 4.69) is 59.5 Å². The summed E-state index contributed by atoms with van der Waals surface area (Å²) in [6.07, 6.45) is 2.08. The first kappa shape index (κ1) is 18.5. The van der Waals surface area contributed by atoms with E-state index in [1.165, 1.54) is 0 Å². The maximum Gasteiger partial charge on any atom is 0.252 e. The van der Waals surface area contributed by atoms with E-state index < -0.39 is 0 Å². The molecule has 0 radical (unpaired) electrons. The summed E-state index contributed by atoms with van der Waals surface area (Å²) in [5, 5.41) is 3.05. The summed E-state index contributed by atoms with van der Waals surface area (Å²) < 4.78 is 0.799. The van der Waals surface area contributed by atoms with Crippen molar-refractivity contribution in [1.82, 2.24) is 10.2 Å². The van der Waals surface area contributed by atoms with Crippen molar-refractivity contribution in [3.8, 4) is 0 Å². The second-order valence-corrected chi connectivity index (χ2v) is 6.58. The second-order valence-electron chi connectivity index (χ2n) is 5.21. The number of benzene rings is 1. The minimum Gasteiger partial charge on any atom is -0.350 e. The second kappa shape index (κ2) is 9.49. The van der Waals surface area contributed by atoms with Gasteiger partial charge in [0.25, 0.3) is 5.91 Å². The summed E-state index contributed by atoms with van der Waals surface area (Å²) in [5.41, 5.74) is 0.637. The molecule has 0 saturated heterocycles. The van der Waals surface area contributed by atoms with Crippen molar-refractivity contribution in [2.45, 2.75) is 44.6 Å². The Morgan fingerprint density at radius 2 is 2.05 bits per heavy atom. The predicted molar refractivity (Wildman–Crippen MR) is 95.3 cm³/mol. The normalized spacial score (nSPS) is 12.5. The number of carbonyl (C=O) groups is 1. The zero-order chi connectivity index (χ0) is 15.8. The van der Waals surface area contributed by atoms with Gasteiger partial charge in [-0.05, 0) is 73.5 Å². The molecular weight excluding hydrogens is 348 g/mol. The van der Waals surface area contributed by atoms with Crippen molar-refractivity contribution >= 4 is 34.5 Å². The monoisotopic (exact) mass is 372 g/mol. The largest absolute Gasteiger partial charge is 0.350 e. The van der Waals surface area contributed by atoms with Crippen LogP contribution in [0.4, 0.5) is 0 Å². The van der Waals surface area contributed by atoms with Crippen LogP contribution in [0.2, 0.25) is 0 Å². The first-order valence-corrected chi connectivity index (χ1v) is 8.73. The first-order chi connectivity index (χ1) is 9.97. The number of rotatable bonds is 8. The van der Waals surface area contributed by atoms with Crippen LogP contribution in [0, 0.1) is 0 Å². The number of hydrogen-bond acceptors (Lipinski definition) is 3. The van der Waals surface area contributed by atoms with Crippen LogP contribution in [0.5, 0.6) is 0 Å². The number of thiol groups is 1. The summed E-state index contributed by atoms with van der Waals surface area (Å²) in [4.78, 5) is 15.4. The lowest BCUT2D eigenvalue weighted by Crippen LogP contribution is -2.33. The molecule has 0 aliphatic rings.